The Morgan fingerprint density at radius 1 is 1.08 bits per heavy atom. The number of rotatable bonds is 2. The fourth-order valence-corrected chi connectivity index (χ4v) is 3.38. The van der Waals surface area contributed by atoms with E-state index in [9.17, 15) is 5.26 Å². The summed E-state index contributed by atoms with van der Waals surface area (Å²) in [6, 6.07) is 10.0. The zero-order valence-electron chi connectivity index (χ0n) is 14.6. The third-order valence-corrected chi connectivity index (χ3v) is 4.75. The molecule has 0 unspecified atom stereocenters. The van der Waals surface area contributed by atoms with Gasteiger partial charge < -0.3 is 15.5 Å². The number of hydrogen-bond donors (Lipinski definition) is 1. The number of nitriles is 1. The third kappa shape index (κ3) is 2.77. The highest BCUT2D eigenvalue weighted by Gasteiger charge is 2.20. The van der Waals surface area contributed by atoms with E-state index in [1.165, 1.54) is 0 Å². The van der Waals surface area contributed by atoms with Gasteiger partial charge in [0.15, 0.2) is 5.65 Å². The van der Waals surface area contributed by atoms with Crippen molar-refractivity contribution in [2.45, 2.75) is 6.42 Å². The fraction of sp³-hybridized carbons (Fsp3) is 0.333. The summed E-state index contributed by atoms with van der Waals surface area (Å²) >= 11 is 0. The maximum atomic E-state index is 9.36. The molecule has 8 heteroatoms. The molecule has 1 fully saturated rings. The van der Waals surface area contributed by atoms with Crippen LogP contribution in [0.4, 0.5) is 17.5 Å². The Balaban J connectivity index is 1.59. The van der Waals surface area contributed by atoms with E-state index in [1.54, 1.807) is 10.9 Å². The fourth-order valence-electron chi connectivity index (χ4n) is 3.38. The van der Waals surface area contributed by atoms with Crippen LogP contribution in [0.3, 0.4) is 0 Å². The maximum Gasteiger partial charge on any atom is 0.229 e. The zero-order valence-corrected chi connectivity index (χ0v) is 14.6. The molecule has 2 aromatic heterocycles. The van der Waals surface area contributed by atoms with Gasteiger partial charge in [0.25, 0.3) is 0 Å². The van der Waals surface area contributed by atoms with Crippen LogP contribution in [-0.4, -0.2) is 45.9 Å². The average Bonchev–Trinajstić information content (AvgIpc) is 2.89. The molecule has 0 atom stereocenters. The first-order valence-electron chi connectivity index (χ1n) is 8.61. The van der Waals surface area contributed by atoms with E-state index >= 15 is 0 Å². The first-order valence-corrected chi connectivity index (χ1v) is 8.61. The molecule has 132 valence electrons. The van der Waals surface area contributed by atoms with Crippen molar-refractivity contribution >= 4 is 28.5 Å². The van der Waals surface area contributed by atoms with Gasteiger partial charge in [-0.15, -0.1) is 0 Å². The lowest BCUT2D eigenvalue weighted by atomic mass is 10.1. The van der Waals surface area contributed by atoms with E-state index in [0.717, 1.165) is 49.3 Å². The third-order valence-electron chi connectivity index (χ3n) is 4.75. The minimum absolute atomic E-state index is 0.453. The Morgan fingerprint density at radius 3 is 2.69 bits per heavy atom. The van der Waals surface area contributed by atoms with E-state index in [0.29, 0.717) is 17.3 Å². The molecule has 1 aliphatic rings. The molecule has 0 saturated carbocycles. The Morgan fingerprint density at radius 2 is 1.85 bits per heavy atom. The predicted octanol–water partition coefficient (Wildman–Crippen LogP) is 1.53. The number of nitrogen functional groups attached to an aromatic ring is 1. The molecule has 0 aliphatic carbocycles. The van der Waals surface area contributed by atoms with Gasteiger partial charge >= 0.3 is 0 Å². The minimum Gasteiger partial charge on any atom is -0.383 e. The number of anilines is 3. The van der Waals surface area contributed by atoms with Crippen molar-refractivity contribution in [3.05, 3.63) is 36.0 Å². The van der Waals surface area contributed by atoms with Crippen LogP contribution in [0.5, 0.6) is 0 Å². The Labute approximate surface area is 151 Å². The molecule has 3 heterocycles. The highest BCUT2D eigenvalue weighted by molar-refractivity contribution is 5.86. The molecule has 4 rings (SSSR count). The normalized spacial score (nSPS) is 15.1. The van der Waals surface area contributed by atoms with Gasteiger partial charge in [0.1, 0.15) is 11.9 Å². The molecule has 1 aliphatic heterocycles. The van der Waals surface area contributed by atoms with Crippen molar-refractivity contribution in [3.8, 4) is 6.07 Å². The lowest BCUT2D eigenvalue weighted by Gasteiger charge is -2.24. The van der Waals surface area contributed by atoms with Crippen LogP contribution in [0.25, 0.3) is 11.0 Å². The van der Waals surface area contributed by atoms with Gasteiger partial charge in [0, 0.05) is 33.2 Å². The van der Waals surface area contributed by atoms with Crippen molar-refractivity contribution in [1.82, 2.24) is 19.7 Å². The lowest BCUT2D eigenvalue weighted by molar-refractivity contribution is 0.766. The number of nitrogens with zero attached hydrogens (tertiary/aromatic N) is 7. The largest absolute Gasteiger partial charge is 0.383 e. The van der Waals surface area contributed by atoms with Crippen molar-refractivity contribution in [2.24, 2.45) is 7.05 Å². The number of nitrogens with two attached hydrogens (primary N) is 1. The van der Waals surface area contributed by atoms with Gasteiger partial charge in [0.05, 0.1) is 22.8 Å². The monoisotopic (exact) mass is 348 g/mol. The predicted molar refractivity (Wildman–Crippen MR) is 101 cm³/mol. The molecular weight excluding hydrogens is 328 g/mol. The van der Waals surface area contributed by atoms with E-state index in [4.69, 9.17) is 5.73 Å². The maximum absolute atomic E-state index is 9.36. The quantitative estimate of drug-likeness (QED) is 0.749. The average molecular weight is 348 g/mol. The van der Waals surface area contributed by atoms with Crippen molar-refractivity contribution in [1.29, 1.82) is 5.26 Å². The highest BCUT2D eigenvalue weighted by Crippen LogP contribution is 2.24. The van der Waals surface area contributed by atoms with Gasteiger partial charge in [0.2, 0.25) is 5.95 Å². The van der Waals surface area contributed by atoms with Crippen LogP contribution in [0.15, 0.2) is 30.5 Å². The second-order valence-electron chi connectivity index (χ2n) is 6.37. The summed E-state index contributed by atoms with van der Waals surface area (Å²) in [6.45, 7) is 3.29. The summed E-state index contributed by atoms with van der Waals surface area (Å²) in [5.41, 5.74) is 8.53. The molecule has 0 radical (unpaired) electrons. The van der Waals surface area contributed by atoms with Crippen LogP contribution in [-0.2, 0) is 7.05 Å². The van der Waals surface area contributed by atoms with Crippen LogP contribution in [0, 0.1) is 11.3 Å². The first-order chi connectivity index (χ1) is 12.7. The summed E-state index contributed by atoms with van der Waals surface area (Å²) in [7, 11) is 1.85. The second-order valence-corrected chi connectivity index (χ2v) is 6.37. The molecule has 0 bridgehead atoms. The van der Waals surface area contributed by atoms with Crippen LogP contribution in [0.2, 0.25) is 0 Å². The van der Waals surface area contributed by atoms with Crippen LogP contribution >= 0.6 is 0 Å². The van der Waals surface area contributed by atoms with E-state index in [-0.39, 0.29) is 0 Å². The Bertz CT molecular complexity index is 987. The van der Waals surface area contributed by atoms with Gasteiger partial charge in [-0.05, 0) is 18.6 Å². The summed E-state index contributed by atoms with van der Waals surface area (Å²) < 4.78 is 1.71. The van der Waals surface area contributed by atoms with Crippen LogP contribution in [0.1, 0.15) is 12.0 Å². The van der Waals surface area contributed by atoms with E-state index in [1.807, 2.05) is 31.3 Å². The summed E-state index contributed by atoms with van der Waals surface area (Å²) in [5.74, 6) is 1.09. The Hall–Kier alpha value is -3.34. The molecule has 0 amide bonds. The van der Waals surface area contributed by atoms with Gasteiger partial charge in [-0.3, -0.25) is 4.68 Å². The van der Waals surface area contributed by atoms with Gasteiger partial charge in [-0.1, -0.05) is 12.1 Å². The molecule has 1 aromatic carbocycles. The van der Waals surface area contributed by atoms with Gasteiger partial charge in [-0.2, -0.15) is 20.3 Å². The highest BCUT2D eigenvalue weighted by atomic mass is 15.3. The molecule has 1 saturated heterocycles. The lowest BCUT2D eigenvalue weighted by Crippen LogP contribution is -2.32. The molecule has 3 aromatic rings. The van der Waals surface area contributed by atoms with Crippen molar-refractivity contribution in [2.75, 3.05) is 41.7 Å². The number of benzene rings is 1. The molecular formula is C18H20N8. The number of hydrogen-bond acceptors (Lipinski definition) is 7. The molecule has 8 nitrogen and oxygen atoms in total. The number of aryl methyl sites for hydroxylation is 1. The van der Waals surface area contributed by atoms with Gasteiger partial charge in [-0.25, -0.2) is 0 Å². The SMILES string of the molecule is Cn1ncc2c(N)nc(N3CCCN(c4ccccc4C#N)CC3)nc21. The van der Waals surface area contributed by atoms with E-state index in [2.05, 4.69) is 30.9 Å². The summed E-state index contributed by atoms with van der Waals surface area (Å²) in [5, 5.41) is 14.3. The molecule has 26 heavy (non-hydrogen) atoms. The Kier molecular flexibility index (Phi) is 4.05. The minimum atomic E-state index is 0.453. The topological polar surface area (TPSA) is 99.9 Å². The smallest absolute Gasteiger partial charge is 0.229 e. The summed E-state index contributed by atoms with van der Waals surface area (Å²) in [6.07, 6.45) is 2.64. The first kappa shape index (κ1) is 16.1. The molecule has 0 spiro atoms. The standard InChI is InChI=1S/C18H20N8/c1-24-17-14(12-21-24)16(20)22-18(23-17)26-8-4-7-25(9-10-26)15-6-3-2-5-13(15)11-19/h2-3,5-6,12H,4,7-10H2,1H3,(H2,20,22,23). The van der Waals surface area contributed by atoms with Crippen molar-refractivity contribution in [3.63, 3.8) is 0 Å². The number of aromatic nitrogens is 4. The second kappa shape index (κ2) is 6.52. The molecule has 2 N–H and O–H groups in total. The van der Waals surface area contributed by atoms with Crippen molar-refractivity contribution < 1.29 is 0 Å². The number of para-hydroxylation sites is 1. The summed E-state index contributed by atoms with van der Waals surface area (Å²) in [4.78, 5) is 13.5. The van der Waals surface area contributed by atoms with Crippen LogP contribution < -0.4 is 15.5 Å². The van der Waals surface area contributed by atoms with E-state index < -0.39 is 0 Å². The number of fused-ring (bicyclic) bond motifs is 1. The zero-order chi connectivity index (χ0) is 18.1.